The van der Waals surface area contributed by atoms with Crippen LogP contribution in [0.4, 0.5) is 0 Å². The summed E-state index contributed by atoms with van der Waals surface area (Å²) >= 11 is 0. The Bertz CT molecular complexity index is 561. The first-order valence-corrected chi connectivity index (χ1v) is 9.36. The second-order valence-corrected chi connectivity index (χ2v) is 7.65. The van der Waals surface area contributed by atoms with Gasteiger partial charge in [-0.15, -0.1) is 0 Å². The highest BCUT2D eigenvalue weighted by molar-refractivity contribution is 7.89. The smallest absolute Gasteiger partial charge is 0.242 e. The summed E-state index contributed by atoms with van der Waals surface area (Å²) in [5.74, 6) is 0.715. The van der Waals surface area contributed by atoms with Crippen LogP contribution < -0.4 is 10.0 Å². The van der Waals surface area contributed by atoms with E-state index in [0.29, 0.717) is 17.4 Å². The lowest BCUT2D eigenvalue weighted by molar-refractivity contribution is 0.529. The van der Waals surface area contributed by atoms with Crippen molar-refractivity contribution in [1.82, 2.24) is 14.6 Å². The molecule has 0 aromatic carbocycles. The maximum Gasteiger partial charge on any atom is 0.242 e. The molecular weight excluding hydrogens is 286 g/mol. The van der Waals surface area contributed by atoms with Gasteiger partial charge in [0.25, 0.3) is 0 Å². The predicted octanol–water partition coefficient (Wildman–Crippen LogP) is 2.08. The summed E-state index contributed by atoms with van der Waals surface area (Å²) < 4.78 is 29.7. The van der Waals surface area contributed by atoms with Crippen LogP contribution in [0.25, 0.3) is 0 Å². The SMILES string of the molecule is CCNCc1cc(S(=O)(=O)NC(C)CC2CC2)cn1CC. The molecule has 0 radical (unpaired) electrons. The molecule has 1 saturated carbocycles. The largest absolute Gasteiger partial charge is 0.349 e. The summed E-state index contributed by atoms with van der Waals surface area (Å²) in [5.41, 5.74) is 1.01. The van der Waals surface area contributed by atoms with Gasteiger partial charge in [0.1, 0.15) is 0 Å². The van der Waals surface area contributed by atoms with Crippen LogP contribution >= 0.6 is 0 Å². The second kappa shape index (κ2) is 6.94. The van der Waals surface area contributed by atoms with Gasteiger partial charge in [-0.25, -0.2) is 13.1 Å². The molecule has 1 unspecified atom stereocenters. The average molecular weight is 313 g/mol. The minimum Gasteiger partial charge on any atom is -0.349 e. The van der Waals surface area contributed by atoms with E-state index in [2.05, 4.69) is 10.0 Å². The van der Waals surface area contributed by atoms with Gasteiger partial charge in [0.2, 0.25) is 10.0 Å². The molecule has 0 saturated heterocycles. The van der Waals surface area contributed by atoms with E-state index >= 15 is 0 Å². The fourth-order valence-electron chi connectivity index (χ4n) is 2.60. The highest BCUT2D eigenvalue weighted by Crippen LogP contribution is 2.33. The Kier molecular flexibility index (Phi) is 5.46. The molecule has 0 spiro atoms. The van der Waals surface area contributed by atoms with E-state index < -0.39 is 10.0 Å². The first kappa shape index (κ1) is 16.5. The number of sulfonamides is 1. The van der Waals surface area contributed by atoms with E-state index in [-0.39, 0.29) is 6.04 Å². The topological polar surface area (TPSA) is 63.1 Å². The third-order valence-corrected chi connectivity index (χ3v) is 5.46. The van der Waals surface area contributed by atoms with Crippen LogP contribution in [0.1, 0.15) is 45.7 Å². The number of nitrogens with zero attached hydrogens (tertiary/aromatic N) is 1. The fourth-order valence-corrected chi connectivity index (χ4v) is 3.92. The Morgan fingerprint density at radius 1 is 1.38 bits per heavy atom. The molecule has 6 heteroatoms. The lowest BCUT2D eigenvalue weighted by Crippen LogP contribution is -2.32. The molecule has 0 aliphatic heterocycles. The van der Waals surface area contributed by atoms with E-state index in [1.54, 1.807) is 12.3 Å². The molecule has 1 heterocycles. The van der Waals surface area contributed by atoms with Gasteiger partial charge in [0, 0.05) is 31.0 Å². The molecule has 1 aromatic rings. The standard InChI is InChI=1S/C15H27N3O2S/c1-4-16-10-14-9-15(11-18(14)5-2)21(19,20)17-12(3)8-13-6-7-13/h9,11-13,16-17H,4-8,10H2,1-3H3. The molecule has 1 aliphatic rings. The number of nitrogens with one attached hydrogen (secondary N) is 2. The molecule has 2 N–H and O–H groups in total. The van der Waals surface area contributed by atoms with Crippen molar-refractivity contribution in [2.75, 3.05) is 6.54 Å². The van der Waals surface area contributed by atoms with E-state index in [4.69, 9.17) is 0 Å². The molecule has 2 rings (SSSR count). The third-order valence-electron chi connectivity index (χ3n) is 3.91. The molecule has 21 heavy (non-hydrogen) atoms. The van der Waals surface area contributed by atoms with Crippen molar-refractivity contribution < 1.29 is 8.42 Å². The Hall–Kier alpha value is -0.850. The van der Waals surface area contributed by atoms with Crippen molar-refractivity contribution in [3.63, 3.8) is 0 Å². The molecule has 5 nitrogen and oxygen atoms in total. The molecular formula is C15H27N3O2S. The Balaban J connectivity index is 2.08. The lowest BCUT2D eigenvalue weighted by atomic mass is 10.2. The van der Waals surface area contributed by atoms with Crippen LogP contribution in [0.5, 0.6) is 0 Å². The first-order chi connectivity index (χ1) is 9.96. The zero-order chi connectivity index (χ0) is 15.5. The maximum absolute atomic E-state index is 12.5. The van der Waals surface area contributed by atoms with Gasteiger partial charge in [-0.05, 0) is 38.8 Å². The van der Waals surface area contributed by atoms with Crippen LogP contribution in [-0.2, 0) is 23.1 Å². The quantitative estimate of drug-likeness (QED) is 0.734. The summed E-state index contributed by atoms with van der Waals surface area (Å²) in [6.45, 7) is 8.35. The van der Waals surface area contributed by atoms with Crippen molar-refractivity contribution in [2.24, 2.45) is 5.92 Å². The summed E-state index contributed by atoms with van der Waals surface area (Å²) in [5, 5.41) is 3.24. The van der Waals surface area contributed by atoms with E-state index in [1.807, 2.05) is 25.3 Å². The van der Waals surface area contributed by atoms with Crippen molar-refractivity contribution in [2.45, 2.75) is 64.1 Å². The van der Waals surface area contributed by atoms with Crippen LogP contribution in [0, 0.1) is 5.92 Å². The van der Waals surface area contributed by atoms with Gasteiger partial charge in [-0.1, -0.05) is 19.8 Å². The number of rotatable bonds is 9. The number of aryl methyl sites for hydroxylation is 1. The Labute approximate surface area is 128 Å². The van der Waals surface area contributed by atoms with Gasteiger partial charge >= 0.3 is 0 Å². The van der Waals surface area contributed by atoms with Crippen molar-refractivity contribution in [1.29, 1.82) is 0 Å². The summed E-state index contributed by atoms with van der Waals surface area (Å²) in [6.07, 6.45) is 5.16. The molecule has 1 aromatic heterocycles. The van der Waals surface area contributed by atoms with Crippen molar-refractivity contribution in [3.8, 4) is 0 Å². The normalized spacial score (nSPS) is 17.1. The van der Waals surface area contributed by atoms with E-state index in [1.165, 1.54) is 12.8 Å². The zero-order valence-electron chi connectivity index (χ0n) is 13.2. The highest BCUT2D eigenvalue weighted by atomic mass is 32.2. The minimum absolute atomic E-state index is 0.00435. The second-order valence-electron chi connectivity index (χ2n) is 5.93. The molecule has 1 fully saturated rings. The van der Waals surface area contributed by atoms with Crippen molar-refractivity contribution >= 4 is 10.0 Å². The van der Waals surface area contributed by atoms with E-state index in [0.717, 1.165) is 25.2 Å². The first-order valence-electron chi connectivity index (χ1n) is 7.88. The van der Waals surface area contributed by atoms with Gasteiger partial charge in [-0.2, -0.15) is 0 Å². The van der Waals surface area contributed by atoms with E-state index in [9.17, 15) is 8.42 Å². The molecule has 0 bridgehead atoms. The Morgan fingerprint density at radius 3 is 2.67 bits per heavy atom. The molecule has 120 valence electrons. The average Bonchev–Trinajstić information content (AvgIpc) is 3.11. The summed E-state index contributed by atoms with van der Waals surface area (Å²) in [6, 6.07) is 1.78. The summed E-state index contributed by atoms with van der Waals surface area (Å²) in [7, 11) is -3.41. The molecule has 0 amide bonds. The molecule has 1 aliphatic carbocycles. The Morgan fingerprint density at radius 2 is 2.10 bits per heavy atom. The summed E-state index contributed by atoms with van der Waals surface area (Å²) in [4.78, 5) is 0.375. The van der Waals surface area contributed by atoms with Gasteiger partial charge in [0.15, 0.2) is 0 Å². The minimum atomic E-state index is -3.41. The number of hydrogen-bond donors (Lipinski definition) is 2. The fraction of sp³-hybridized carbons (Fsp3) is 0.733. The monoisotopic (exact) mass is 313 g/mol. The van der Waals surface area contributed by atoms with Crippen molar-refractivity contribution in [3.05, 3.63) is 18.0 Å². The maximum atomic E-state index is 12.5. The molecule has 1 atom stereocenters. The predicted molar refractivity (Wildman–Crippen MR) is 84.6 cm³/mol. The number of aromatic nitrogens is 1. The van der Waals surface area contributed by atoms with Crippen LogP contribution in [-0.4, -0.2) is 25.6 Å². The lowest BCUT2D eigenvalue weighted by Gasteiger charge is -2.12. The number of hydrogen-bond acceptors (Lipinski definition) is 3. The van der Waals surface area contributed by atoms with Crippen LogP contribution in [0.2, 0.25) is 0 Å². The van der Waals surface area contributed by atoms with Crippen LogP contribution in [0.15, 0.2) is 17.2 Å². The highest BCUT2D eigenvalue weighted by Gasteiger charge is 2.26. The third kappa shape index (κ3) is 4.56. The van der Waals surface area contributed by atoms with Gasteiger partial charge < -0.3 is 9.88 Å². The van der Waals surface area contributed by atoms with Gasteiger partial charge in [-0.3, -0.25) is 0 Å². The zero-order valence-corrected chi connectivity index (χ0v) is 14.0. The van der Waals surface area contributed by atoms with Crippen LogP contribution in [0.3, 0.4) is 0 Å². The van der Waals surface area contributed by atoms with Gasteiger partial charge in [0.05, 0.1) is 4.90 Å².